The molecule has 1 unspecified atom stereocenters. The number of para-hydroxylation sites is 1. The van der Waals surface area contributed by atoms with Crippen molar-refractivity contribution in [2.45, 2.75) is 13.3 Å². The molecule has 1 atom stereocenters. The average Bonchev–Trinajstić information content (AvgIpc) is 2.89. The van der Waals surface area contributed by atoms with Crippen molar-refractivity contribution in [3.05, 3.63) is 54.3 Å². The van der Waals surface area contributed by atoms with E-state index in [9.17, 15) is 0 Å². The molecule has 1 aromatic carbocycles. The summed E-state index contributed by atoms with van der Waals surface area (Å²) in [5, 5.41) is 8.68. The summed E-state index contributed by atoms with van der Waals surface area (Å²) < 4.78 is 0. The molecule has 0 radical (unpaired) electrons. The first-order chi connectivity index (χ1) is 8.66. The average molecular weight is 236 g/mol. The third kappa shape index (κ3) is 1.80. The first-order valence-corrected chi connectivity index (χ1v) is 6.18. The zero-order valence-corrected chi connectivity index (χ0v) is 10.5. The molecule has 1 saturated carbocycles. The zero-order chi connectivity index (χ0) is 12.7. The Morgan fingerprint density at radius 1 is 1.50 bits per heavy atom. The van der Waals surface area contributed by atoms with Gasteiger partial charge < -0.3 is 10.4 Å². The summed E-state index contributed by atoms with van der Waals surface area (Å²) in [6.07, 6.45) is 7.05. The van der Waals surface area contributed by atoms with Gasteiger partial charge in [-0.3, -0.25) is 0 Å². The van der Waals surface area contributed by atoms with E-state index in [0.29, 0.717) is 5.92 Å². The number of H-pyrrole nitrogens is 1. The largest absolute Gasteiger partial charge is 0.360 e. The highest BCUT2D eigenvalue weighted by molar-refractivity contribution is 6.01. The van der Waals surface area contributed by atoms with E-state index >= 15 is 0 Å². The van der Waals surface area contributed by atoms with Crippen LogP contribution in [0.15, 0.2) is 43.1 Å². The Morgan fingerprint density at radius 2 is 2.28 bits per heavy atom. The minimum Gasteiger partial charge on any atom is -0.360 e. The number of allylic oxidation sites excluding steroid dienone is 3. The normalized spacial score (nSPS) is 18.7. The molecular formula is C16H16N2. The van der Waals surface area contributed by atoms with Gasteiger partial charge in [-0.15, -0.1) is 0 Å². The summed E-state index contributed by atoms with van der Waals surface area (Å²) in [6.45, 7) is 6.23. The molecule has 2 nitrogen and oxygen atoms in total. The lowest BCUT2D eigenvalue weighted by Crippen LogP contribution is -1.79. The van der Waals surface area contributed by atoms with Gasteiger partial charge in [0.05, 0.1) is 0 Å². The number of aromatic amines is 1. The standard InChI is InChI=1S/C16H16N2/c1-10(6-7-12-8-15(12)17)14-9-18-16-11(2)4-3-5-13(14)16/h3-7,9,12,17-18H,1,8H2,2H3/b7-6-,17-15?. The highest BCUT2D eigenvalue weighted by atomic mass is 14.7. The Balaban J connectivity index is 1.94. The molecule has 1 aliphatic carbocycles. The minimum atomic E-state index is 0.355. The van der Waals surface area contributed by atoms with Crippen molar-refractivity contribution in [2.24, 2.45) is 5.92 Å². The van der Waals surface area contributed by atoms with Crippen LogP contribution in [0.1, 0.15) is 17.5 Å². The number of rotatable bonds is 3. The molecule has 2 aromatic rings. The summed E-state index contributed by atoms with van der Waals surface area (Å²) >= 11 is 0. The molecule has 0 aliphatic heterocycles. The van der Waals surface area contributed by atoms with Crippen LogP contribution < -0.4 is 0 Å². The Bertz CT molecular complexity index is 673. The molecule has 1 aliphatic rings. The first-order valence-electron chi connectivity index (χ1n) is 6.18. The van der Waals surface area contributed by atoms with Gasteiger partial charge in [-0.05, 0) is 24.5 Å². The molecule has 90 valence electrons. The second-order valence-corrected chi connectivity index (χ2v) is 4.92. The molecule has 0 spiro atoms. The van der Waals surface area contributed by atoms with Gasteiger partial charge >= 0.3 is 0 Å². The summed E-state index contributed by atoms with van der Waals surface area (Å²) in [5.74, 6) is 0.355. The fourth-order valence-corrected chi connectivity index (χ4v) is 2.26. The third-order valence-electron chi connectivity index (χ3n) is 3.53. The van der Waals surface area contributed by atoms with Gasteiger partial charge in [-0.25, -0.2) is 0 Å². The van der Waals surface area contributed by atoms with Crippen molar-refractivity contribution >= 4 is 22.2 Å². The molecule has 1 aromatic heterocycles. The minimum absolute atomic E-state index is 0.355. The predicted octanol–water partition coefficient (Wildman–Crippen LogP) is 4.09. The maximum absolute atomic E-state index is 7.46. The van der Waals surface area contributed by atoms with Gasteiger partial charge in [0.15, 0.2) is 0 Å². The second kappa shape index (κ2) is 3.98. The van der Waals surface area contributed by atoms with Crippen molar-refractivity contribution in [2.75, 3.05) is 0 Å². The van der Waals surface area contributed by atoms with Crippen LogP contribution in [0.25, 0.3) is 16.5 Å². The fourth-order valence-electron chi connectivity index (χ4n) is 2.26. The lowest BCUT2D eigenvalue weighted by atomic mass is 10.0. The molecule has 0 saturated heterocycles. The first kappa shape index (κ1) is 11.0. The van der Waals surface area contributed by atoms with E-state index in [1.807, 2.05) is 12.3 Å². The Kier molecular flexibility index (Phi) is 2.44. The van der Waals surface area contributed by atoms with Crippen molar-refractivity contribution < 1.29 is 0 Å². The monoisotopic (exact) mass is 236 g/mol. The highest BCUT2D eigenvalue weighted by Crippen LogP contribution is 2.30. The molecular weight excluding hydrogens is 220 g/mol. The van der Waals surface area contributed by atoms with E-state index in [1.54, 1.807) is 0 Å². The van der Waals surface area contributed by atoms with E-state index in [4.69, 9.17) is 5.41 Å². The van der Waals surface area contributed by atoms with E-state index in [0.717, 1.165) is 23.3 Å². The molecule has 3 rings (SSSR count). The van der Waals surface area contributed by atoms with Crippen molar-refractivity contribution in [1.82, 2.24) is 4.98 Å². The maximum atomic E-state index is 7.46. The van der Waals surface area contributed by atoms with Crippen molar-refractivity contribution in [1.29, 1.82) is 5.41 Å². The molecule has 0 amide bonds. The molecule has 2 N–H and O–H groups in total. The van der Waals surface area contributed by atoms with Crippen LogP contribution in [0.4, 0.5) is 0 Å². The topological polar surface area (TPSA) is 39.6 Å². The van der Waals surface area contributed by atoms with Gasteiger partial charge in [0.1, 0.15) is 0 Å². The Morgan fingerprint density at radius 3 is 3.00 bits per heavy atom. The van der Waals surface area contributed by atoms with E-state index in [-0.39, 0.29) is 0 Å². The molecule has 2 heteroatoms. The number of aryl methyl sites for hydroxylation is 1. The highest BCUT2D eigenvalue weighted by Gasteiger charge is 2.26. The maximum Gasteiger partial charge on any atom is 0.0490 e. The second-order valence-electron chi connectivity index (χ2n) is 4.92. The van der Waals surface area contributed by atoms with Gasteiger partial charge in [0.2, 0.25) is 0 Å². The predicted molar refractivity (Wildman–Crippen MR) is 77.0 cm³/mol. The van der Waals surface area contributed by atoms with E-state index in [2.05, 4.69) is 42.8 Å². The smallest absolute Gasteiger partial charge is 0.0490 e. The van der Waals surface area contributed by atoms with E-state index < -0.39 is 0 Å². The van der Waals surface area contributed by atoms with Gasteiger partial charge in [-0.2, -0.15) is 0 Å². The summed E-state index contributed by atoms with van der Waals surface area (Å²) in [4.78, 5) is 3.31. The van der Waals surface area contributed by atoms with Crippen LogP contribution in [0.3, 0.4) is 0 Å². The van der Waals surface area contributed by atoms with Gasteiger partial charge in [0.25, 0.3) is 0 Å². The Hall–Kier alpha value is -2.09. The van der Waals surface area contributed by atoms with Crippen LogP contribution >= 0.6 is 0 Å². The SMILES string of the molecule is C=C(/C=C\C1CC1=N)c1c[nH]c2c(C)cccc12. The number of hydrogen-bond acceptors (Lipinski definition) is 1. The summed E-state index contributed by atoms with van der Waals surface area (Å²) in [7, 11) is 0. The Labute approximate surface area is 107 Å². The van der Waals surface area contributed by atoms with Crippen LogP contribution in [0, 0.1) is 18.3 Å². The number of nitrogens with one attached hydrogen (secondary N) is 2. The summed E-state index contributed by atoms with van der Waals surface area (Å²) in [6, 6.07) is 6.29. The quantitative estimate of drug-likeness (QED) is 0.754. The lowest BCUT2D eigenvalue weighted by molar-refractivity contribution is 1.17. The van der Waals surface area contributed by atoms with Gasteiger partial charge in [0, 0.05) is 34.3 Å². The molecule has 1 heterocycles. The third-order valence-corrected chi connectivity index (χ3v) is 3.53. The van der Waals surface area contributed by atoms with E-state index in [1.165, 1.54) is 16.5 Å². The zero-order valence-electron chi connectivity index (χ0n) is 10.5. The van der Waals surface area contributed by atoms with Crippen molar-refractivity contribution in [3.8, 4) is 0 Å². The fraction of sp³-hybridized carbons (Fsp3) is 0.188. The van der Waals surface area contributed by atoms with Crippen LogP contribution in [0.5, 0.6) is 0 Å². The van der Waals surface area contributed by atoms with Crippen molar-refractivity contribution in [3.63, 3.8) is 0 Å². The van der Waals surface area contributed by atoms with Crippen LogP contribution in [0.2, 0.25) is 0 Å². The van der Waals surface area contributed by atoms with Gasteiger partial charge in [-0.1, -0.05) is 36.9 Å². The van der Waals surface area contributed by atoms with Crippen LogP contribution in [-0.2, 0) is 0 Å². The number of benzene rings is 1. The molecule has 1 fully saturated rings. The van der Waals surface area contributed by atoms with Crippen LogP contribution in [-0.4, -0.2) is 10.7 Å². The number of hydrogen-bond donors (Lipinski definition) is 2. The number of fused-ring (bicyclic) bond motifs is 1. The number of aromatic nitrogens is 1. The molecule has 18 heavy (non-hydrogen) atoms. The summed E-state index contributed by atoms with van der Waals surface area (Å²) in [5.41, 5.74) is 5.42. The molecule has 0 bridgehead atoms. The lowest BCUT2D eigenvalue weighted by Gasteiger charge is -1.99.